The minimum atomic E-state index is -1.38. The molecule has 0 fully saturated rings. The van der Waals surface area contributed by atoms with Gasteiger partial charge in [-0.1, -0.05) is 6.07 Å². The van der Waals surface area contributed by atoms with Crippen LogP contribution in [0.25, 0.3) is 0 Å². The molecule has 0 spiro atoms. The molecule has 0 unspecified atom stereocenters. The van der Waals surface area contributed by atoms with Crippen molar-refractivity contribution < 1.29 is 23.4 Å². The molecular formula is C13H9F2NO3. The Morgan fingerprint density at radius 3 is 2.68 bits per heavy atom. The number of benzene rings is 1. The van der Waals surface area contributed by atoms with Crippen LogP contribution in [0.15, 0.2) is 30.5 Å². The summed E-state index contributed by atoms with van der Waals surface area (Å²) in [5.74, 6) is -2.87. The van der Waals surface area contributed by atoms with E-state index < -0.39 is 23.2 Å². The lowest BCUT2D eigenvalue weighted by atomic mass is 10.2. The lowest BCUT2D eigenvalue weighted by Crippen LogP contribution is -2.03. The van der Waals surface area contributed by atoms with Gasteiger partial charge in [0.15, 0.2) is 0 Å². The first-order valence-corrected chi connectivity index (χ1v) is 5.30. The lowest BCUT2D eigenvalue weighted by Gasteiger charge is -2.08. The van der Waals surface area contributed by atoms with E-state index >= 15 is 0 Å². The summed E-state index contributed by atoms with van der Waals surface area (Å²) in [5.41, 5.74) is -0.00106. The van der Waals surface area contributed by atoms with E-state index in [0.717, 1.165) is 18.3 Å². The Morgan fingerprint density at radius 2 is 2.05 bits per heavy atom. The Bertz CT molecular complexity index is 644. The monoisotopic (exact) mass is 265 g/mol. The molecule has 1 N–H and O–H groups in total. The molecule has 4 nitrogen and oxygen atoms in total. The number of nitrogens with zero attached hydrogens (tertiary/aromatic N) is 1. The second kappa shape index (κ2) is 5.01. The molecule has 1 aromatic carbocycles. The molecule has 0 aliphatic rings. The van der Waals surface area contributed by atoms with Crippen molar-refractivity contribution in [3.05, 3.63) is 53.2 Å². The zero-order valence-corrected chi connectivity index (χ0v) is 9.85. The highest BCUT2D eigenvalue weighted by Gasteiger charge is 2.15. The van der Waals surface area contributed by atoms with Crippen LogP contribution < -0.4 is 4.74 Å². The normalized spacial score (nSPS) is 10.3. The highest BCUT2D eigenvalue weighted by molar-refractivity contribution is 5.90. The molecular weight excluding hydrogens is 256 g/mol. The average Bonchev–Trinajstić information content (AvgIpc) is 2.36. The van der Waals surface area contributed by atoms with Gasteiger partial charge in [-0.2, -0.15) is 0 Å². The first kappa shape index (κ1) is 12.9. The number of hydrogen-bond donors (Lipinski definition) is 1. The SMILES string of the molecule is Cc1ccc(Oc2ncc(F)cc2C(=O)O)cc1F. The van der Waals surface area contributed by atoms with Crippen LogP contribution in [-0.2, 0) is 0 Å². The molecule has 19 heavy (non-hydrogen) atoms. The molecule has 0 aliphatic heterocycles. The predicted octanol–water partition coefficient (Wildman–Crippen LogP) is 3.16. The number of aromatic carboxylic acids is 1. The molecule has 1 heterocycles. The Kier molecular flexibility index (Phi) is 3.41. The van der Waals surface area contributed by atoms with Crippen molar-refractivity contribution in [2.75, 3.05) is 0 Å². The van der Waals surface area contributed by atoms with Crippen molar-refractivity contribution in [2.45, 2.75) is 6.92 Å². The van der Waals surface area contributed by atoms with Crippen molar-refractivity contribution in [2.24, 2.45) is 0 Å². The lowest BCUT2D eigenvalue weighted by molar-refractivity contribution is 0.0692. The fourth-order valence-corrected chi connectivity index (χ4v) is 1.41. The summed E-state index contributed by atoms with van der Waals surface area (Å²) in [6, 6.07) is 4.84. The fraction of sp³-hybridized carbons (Fsp3) is 0.0769. The molecule has 98 valence electrons. The van der Waals surface area contributed by atoms with Crippen LogP contribution in [-0.4, -0.2) is 16.1 Å². The molecule has 1 aromatic heterocycles. The van der Waals surface area contributed by atoms with E-state index in [1.54, 1.807) is 6.92 Å². The Balaban J connectivity index is 2.37. The van der Waals surface area contributed by atoms with Crippen LogP contribution >= 0.6 is 0 Å². The highest BCUT2D eigenvalue weighted by Crippen LogP contribution is 2.25. The number of hydrogen-bond acceptors (Lipinski definition) is 3. The van der Waals surface area contributed by atoms with Gasteiger partial charge < -0.3 is 9.84 Å². The summed E-state index contributed by atoms with van der Waals surface area (Å²) in [6.45, 7) is 1.58. The van der Waals surface area contributed by atoms with Crippen LogP contribution in [0, 0.1) is 18.6 Å². The second-order valence-electron chi connectivity index (χ2n) is 3.82. The van der Waals surface area contributed by atoms with Crippen molar-refractivity contribution in [1.29, 1.82) is 0 Å². The van der Waals surface area contributed by atoms with Crippen molar-refractivity contribution in [3.8, 4) is 11.6 Å². The summed E-state index contributed by atoms with van der Waals surface area (Å²) in [6.07, 6.45) is 0.826. The average molecular weight is 265 g/mol. The zero-order valence-electron chi connectivity index (χ0n) is 9.85. The maximum absolute atomic E-state index is 13.3. The third-order valence-corrected chi connectivity index (χ3v) is 2.41. The van der Waals surface area contributed by atoms with Gasteiger partial charge in [0.05, 0.1) is 6.20 Å². The van der Waals surface area contributed by atoms with Crippen molar-refractivity contribution in [3.63, 3.8) is 0 Å². The van der Waals surface area contributed by atoms with Crippen LogP contribution in [0.4, 0.5) is 8.78 Å². The second-order valence-corrected chi connectivity index (χ2v) is 3.82. The van der Waals surface area contributed by atoms with Gasteiger partial charge in [-0.25, -0.2) is 18.6 Å². The number of pyridine rings is 1. The first-order chi connectivity index (χ1) is 8.97. The standard InChI is InChI=1S/C13H9F2NO3/c1-7-2-3-9(5-11(7)15)19-12-10(13(17)18)4-8(14)6-16-12/h2-6H,1H3,(H,17,18). The number of rotatable bonds is 3. The summed E-state index contributed by atoms with van der Waals surface area (Å²) in [7, 11) is 0. The molecule has 2 rings (SSSR count). The topological polar surface area (TPSA) is 59.4 Å². The van der Waals surface area contributed by atoms with Gasteiger partial charge in [0.1, 0.15) is 22.9 Å². The smallest absolute Gasteiger partial charge is 0.341 e. The summed E-state index contributed by atoms with van der Waals surface area (Å²) >= 11 is 0. The number of halogens is 2. The largest absolute Gasteiger partial charge is 0.477 e. The molecule has 0 amide bonds. The fourth-order valence-electron chi connectivity index (χ4n) is 1.41. The minimum absolute atomic E-state index is 0.0877. The van der Waals surface area contributed by atoms with E-state index in [4.69, 9.17) is 9.84 Å². The number of ether oxygens (including phenoxy) is 1. The van der Waals surface area contributed by atoms with Gasteiger partial charge in [-0.05, 0) is 24.6 Å². The third kappa shape index (κ3) is 2.85. The summed E-state index contributed by atoms with van der Waals surface area (Å²) < 4.78 is 31.4. The minimum Gasteiger partial charge on any atom is -0.477 e. The quantitative estimate of drug-likeness (QED) is 0.926. The van der Waals surface area contributed by atoms with E-state index in [-0.39, 0.29) is 11.6 Å². The molecule has 0 aliphatic carbocycles. The number of carboxylic acid groups (broad SMARTS) is 1. The van der Waals surface area contributed by atoms with E-state index in [1.165, 1.54) is 12.1 Å². The van der Waals surface area contributed by atoms with Crippen LogP contribution in [0.1, 0.15) is 15.9 Å². The van der Waals surface area contributed by atoms with Crippen molar-refractivity contribution >= 4 is 5.97 Å². The Morgan fingerprint density at radius 1 is 1.32 bits per heavy atom. The maximum atomic E-state index is 13.3. The van der Waals surface area contributed by atoms with Gasteiger partial charge >= 0.3 is 5.97 Å². The molecule has 0 atom stereocenters. The molecule has 6 heteroatoms. The summed E-state index contributed by atoms with van der Waals surface area (Å²) in [4.78, 5) is 14.5. The number of carbonyl (C=O) groups is 1. The Hall–Kier alpha value is -2.50. The number of carboxylic acids is 1. The molecule has 2 aromatic rings. The van der Waals surface area contributed by atoms with Gasteiger partial charge in [0.25, 0.3) is 0 Å². The van der Waals surface area contributed by atoms with E-state index in [0.29, 0.717) is 5.56 Å². The molecule has 0 radical (unpaired) electrons. The van der Waals surface area contributed by atoms with Crippen LogP contribution in [0.5, 0.6) is 11.6 Å². The Labute approximate surface area is 107 Å². The third-order valence-electron chi connectivity index (χ3n) is 2.41. The highest BCUT2D eigenvalue weighted by atomic mass is 19.1. The predicted molar refractivity (Wildman–Crippen MR) is 62.4 cm³/mol. The van der Waals surface area contributed by atoms with Gasteiger partial charge in [-0.15, -0.1) is 0 Å². The van der Waals surface area contributed by atoms with Crippen LogP contribution in [0.3, 0.4) is 0 Å². The van der Waals surface area contributed by atoms with E-state index in [9.17, 15) is 13.6 Å². The molecule has 0 saturated heterocycles. The van der Waals surface area contributed by atoms with E-state index in [2.05, 4.69) is 4.98 Å². The van der Waals surface area contributed by atoms with Crippen molar-refractivity contribution in [1.82, 2.24) is 4.98 Å². The zero-order chi connectivity index (χ0) is 14.0. The number of aryl methyl sites for hydroxylation is 1. The maximum Gasteiger partial charge on any atom is 0.341 e. The summed E-state index contributed by atoms with van der Waals surface area (Å²) in [5, 5.41) is 8.91. The van der Waals surface area contributed by atoms with Gasteiger partial charge in [-0.3, -0.25) is 0 Å². The van der Waals surface area contributed by atoms with Gasteiger partial charge in [0, 0.05) is 6.07 Å². The first-order valence-electron chi connectivity index (χ1n) is 5.30. The van der Waals surface area contributed by atoms with E-state index in [1.807, 2.05) is 0 Å². The number of aromatic nitrogens is 1. The van der Waals surface area contributed by atoms with Crippen LogP contribution in [0.2, 0.25) is 0 Å². The molecule has 0 saturated carbocycles. The molecule has 0 bridgehead atoms. The van der Waals surface area contributed by atoms with Gasteiger partial charge in [0.2, 0.25) is 5.88 Å².